The highest BCUT2D eigenvalue weighted by Crippen LogP contribution is 2.57. The Hall–Kier alpha value is -1.61. The maximum Gasteiger partial charge on any atom is 0.460 e. The molecule has 0 bridgehead atoms. The van der Waals surface area contributed by atoms with Crippen LogP contribution in [-0.4, -0.2) is 23.1 Å². The van der Waals surface area contributed by atoms with E-state index < -0.39 is 41.2 Å². The van der Waals surface area contributed by atoms with Crippen molar-refractivity contribution in [1.29, 1.82) is 0 Å². The van der Waals surface area contributed by atoms with Gasteiger partial charge in [-0.25, -0.2) is 0 Å². The van der Waals surface area contributed by atoms with Crippen LogP contribution >= 0.6 is 0 Å². The number of unbranched alkanes of at least 4 members (excludes halogenated alkanes) is 3. The number of phenols is 1. The summed E-state index contributed by atoms with van der Waals surface area (Å²) in [6, 6.07) is 1.16. The quantitative estimate of drug-likeness (QED) is 0.324. The molecular weight excluding hydrogens is 403 g/mol. The molecule has 0 aliphatic carbocycles. The lowest BCUT2D eigenvalue weighted by molar-refractivity contribution is -0.399. The molecule has 0 radical (unpaired) electrons. The van der Waals surface area contributed by atoms with Crippen molar-refractivity contribution in [1.82, 2.24) is 0 Å². The predicted octanol–water partition coefficient (Wildman–Crippen LogP) is 7.39. The lowest BCUT2D eigenvalue weighted by atomic mass is 9.89. The van der Waals surface area contributed by atoms with Crippen LogP contribution in [0.15, 0.2) is 18.2 Å². The van der Waals surface area contributed by atoms with Gasteiger partial charge in [0.15, 0.2) is 0 Å². The van der Waals surface area contributed by atoms with E-state index in [1.165, 1.54) is 6.92 Å². The van der Waals surface area contributed by atoms with Crippen molar-refractivity contribution in [3.05, 3.63) is 29.3 Å². The number of hydrogen-bond acceptors (Lipinski definition) is 1. The highest BCUT2D eigenvalue weighted by Gasteiger charge is 2.82. The number of rotatable bonds is 9. The van der Waals surface area contributed by atoms with E-state index in [1.807, 2.05) is 6.92 Å². The molecule has 1 aromatic carbocycles. The maximum atomic E-state index is 14.1. The molecule has 0 amide bonds. The standard InChI is InChI=1S/C18H21F9O/c1-3-4-5-6-7-11(2)13-10-12(8-9-14(13)28)15(19,20)16(21,22)17(23,24)18(25,26)27/h8-11,28H,3-7H2,1-2H3. The first-order chi connectivity index (χ1) is 12.6. The molecule has 10 heteroatoms. The third-order valence-electron chi connectivity index (χ3n) is 4.56. The summed E-state index contributed by atoms with van der Waals surface area (Å²) in [5, 5.41) is 9.81. The summed E-state index contributed by atoms with van der Waals surface area (Å²) in [6.07, 6.45) is -3.23. The lowest BCUT2D eigenvalue weighted by Crippen LogP contribution is -2.59. The fourth-order valence-electron chi connectivity index (χ4n) is 2.73. The molecule has 0 aliphatic heterocycles. The second kappa shape index (κ2) is 8.41. The van der Waals surface area contributed by atoms with Crippen LogP contribution in [0.3, 0.4) is 0 Å². The molecule has 0 heterocycles. The second-order valence-corrected chi connectivity index (χ2v) is 6.74. The Kier molecular flexibility index (Phi) is 7.33. The Morgan fingerprint density at radius 1 is 0.857 bits per heavy atom. The Bertz CT molecular complexity index is 653. The number of hydrogen-bond donors (Lipinski definition) is 1. The zero-order chi connectivity index (χ0) is 22.0. The molecule has 28 heavy (non-hydrogen) atoms. The molecule has 1 N–H and O–H groups in total. The second-order valence-electron chi connectivity index (χ2n) is 6.74. The van der Waals surface area contributed by atoms with Crippen LogP contribution in [-0.2, 0) is 5.92 Å². The Balaban J connectivity index is 3.25. The van der Waals surface area contributed by atoms with E-state index in [0.29, 0.717) is 25.0 Å². The molecule has 1 unspecified atom stereocenters. The van der Waals surface area contributed by atoms with Crippen molar-refractivity contribution < 1.29 is 44.6 Å². The van der Waals surface area contributed by atoms with Crippen LogP contribution < -0.4 is 0 Å². The molecule has 0 saturated carbocycles. The summed E-state index contributed by atoms with van der Waals surface area (Å²) in [7, 11) is 0. The van der Waals surface area contributed by atoms with Gasteiger partial charge in [-0.2, -0.15) is 39.5 Å². The van der Waals surface area contributed by atoms with Gasteiger partial charge in [0.1, 0.15) is 5.75 Å². The molecule has 0 aromatic heterocycles. The van der Waals surface area contributed by atoms with Gasteiger partial charge in [-0.3, -0.25) is 0 Å². The van der Waals surface area contributed by atoms with Crippen LogP contribution in [0, 0.1) is 0 Å². The van der Waals surface area contributed by atoms with E-state index >= 15 is 0 Å². The third kappa shape index (κ3) is 4.51. The topological polar surface area (TPSA) is 20.2 Å². The van der Waals surface area contributed by atoms with Crippen molar-refractivity contribution in [2.24, 2.45) is 0 Å². The Morgan fingerprint density at radius 2 is 1.43 bits per heavy atom. The Morgan fingerprint density at radius 3 is 1.93 bits per heavy atom. The average Bonchev–Trinajstić information content (AvgIpc) is 2.57. The van der Waals surface area contributed by atoms with Gasteiger partial charge in [0.05, 0.1) is 0 Å². The highest BCUT2D eigenvalue weighted by atomic mass is 19.4. The fraction of sp³-hybridized carbons (Fsp3) is 0.667. The molecule has 0 aliphatic rings. The van der Waals surface area contributed by atoms with Crippen molar-refractivity contribution in [3.8, 4) is 5.75 Å². The van der Waals surface area contributed by atoms with E-state index in [0.717, 1.165) is 19.3 Å². The minimum Gasteiger partial charge on any atom is -0.508 e. The smallest absolute Gasteiger partial charge is 0.460 e. The SMILES string of the molecule is CCCCCCC(C)c1cc(C(F)(F)C(F)(F)C(F)(F)C(F)(F)F)ccc1O. The third-order valence-corrected chi connectivity index (χ3v) is 4.56. The number of benzene rings is 1. The van der Waals surface area contributed by atoms with Crippen LogP contribution in [0.1, 0.15) is 63.0 Å². The summed E-state index contributed by atoms with van der Waals surface area (Å²) in [5.41, 5.74) is -1.95. The maximum absolute atomic E-state index is 14.1. The van der Waals surface area contributed by atoms with Gasteiger partial charge in [0.25, 0.3) is 0 Å². The minimum absolute atomic E-state index is 0.211. The lowest BCUT2D eigenvalue weighted by Gasteiger charge is -2.34. The summed E-state index contributed by atoms with van der Waals surface area (Å²) in [4.78, 5) is 0. The van der Waals surface area contributed by atoms with Crippen LogP contribution in [0.2, 0.25) is 0 Å². The molecule has 0 fully saturated rings. The summed E-state index contributed by atoms with van der Waals surface area (Å²) < 4.78 is 118. The Labute approximate surface area is 156 Å². The minimum atomic E-state index is -6.95. The molecule has 162 valence electrons. The van der Waals surface area contributed by atoms with Crippen molar-refractivity contribution >= 4 is 0 Å². The first-order valence-corrected chi connectivity index (χ1v) is 8.64. The van der Waals surface area contributed by atoms with Crippen LogP contribution in [0.5, 0.6) is 5.75 Å². The van der Waals surface area contributed by atoms with Gasteiger partial charge in [0, 0.05) is 5.56 Å². The molecule has 0 spiro atoms. The number of halogens is 9. The van der Waals surface area contributed by atoms with Crippen LogP contribution in [0.4, 0.5) is 39.5 Å². The van der Waals surface area contributed by atoms with Crippen LogP contribution in [0.25, 0.3) is 0 Å². The fourth-order valence-corrected chi connectivity index (χ4v) is 2.73. The highest BCUT2D eigenvalue weighted by molar-refractivity contribution is 5.41. The molecule has 0 saturated heterocycles. The van der Waals surface area contributed by atoms with Gasteiger partial charge in [0.2, 0.25) is 0 Å². The van der Waals surface area contributed by atoms with Gasteiger partial charge in [-0.1, -0.05) is 39.5 Å². The van der Waals surface area contributed by atoms with E-state index in [2.05, 4.69) is 0 Å². The average molecular weight is 424 g/mol. The van der Waals surface area contributed by atoms with Gasteiger partial charge >= 0.3 is 23.9 Å². The number of phenolic OH excluding ortho intramolecular Hbond substituents is 1. The zero-order valence-electron chi connectivity index (χ0n) is 15.2. The van der Waals surface area contributed by atoms with E-state index in [1.54, 1.807) is 0 Å². The summed E-state index contributed by atoms with van der Waals surface area (Å²) >= 11 is 0. The van der Waals surface area contributed by atoms with Gasteiger partial charge < -0.3 is 5.11 Å². The largest absolute Gasteiger partial charge is 0.508 e. The van der Waals surface area contributed by atoms with Crippen molar-refractivity contribution in [2.75, 3.05) is 0 Å². The van der Waals surface area contributed by atoms with Gasteiger partial charge in [-0.15, -0.1) is 0 Å². The molecule has 1 aromatic rings. The summed E-state index contributed by atoms with van der Waals surface area (Å²) in [5.74, 6) is -20.6. The molecule has 1 atom stereocenters. The van der Waals surface area contributed by atoms with E-state index in [4.69, 9.17) is 0 Å². The first kappa shape index (κ1) is 24.4. The van der Waals surface area contributed by atoms with Gasteiger partial charge in [-0.05, 0) is 36.1 Å². The van der Waals surface area contributed by atoms with E-state index in [-0.39, 0.29) is 11.6 Å². The number of alkyl halides is 9. The first-order valence-electron chi connectivity index (χ1n) is 8.64. The summed E-state index contributed by atoms with van der Waals surface area (Å²) in [6.45, 7) is 3.46. The molecular formula is C18H21F9O. The van der Waals surface area contributed by atoms with E-state index in [9.17, 15) is 44.6 Å². The monoisotopic (exact) mass is 424 g/mol. The normalized spacial score (nSPS) is 15.0. The van der Waals surface area contributed by atoms with Crippen molar-refractivity contribution in [2.45, 2.75) is 75.8 Å². The zero-order valence-corrected chi connectivity index (χ0v) is 15.2. The van der Waals surface area contributed by atoms with Crippen molar-refractivity contribution in [3.63, 3.8) is 0 Å². The molecule has 1 rings (SSSR count). The number of aromatic hydroxyl groups is 1. The predicted molar refractivity (Wildman–Crippen MR) is 85.1 cm³/mol. The molecule has 1 nitrogen and oxygen atoms in total.